The second-order valence-corrected chi connectivity index (χ2v) is 7.45. The Labute approximate surface area is 146 Å². The summed E-state index contributed by atoms with van der Waals surface area (Å²) in [6.07, 6.45) is 4.21. The summed E-state index contributed by atoms with van der Waals surface area (Å²) in [5.74, 6) is -0.333. The minimum absolute atomic E-state index is 0.0448. The summed E-state index contributed by atoms with van der Waals surface area (Å²) in [4.78, 5) is 38.6. The van der Waals surface area contributed by atoms with Crippen molar-refractivity contribution in [2.45, 2.75) is 66.2 Å². The molecular weight excluding hydrogens is 304 g/mol. The Balaban J connectivity index is 2.81. The molecule has 1 rings (SSSR count). The smallest absolute Gasteiger partial charge is 0.226 e. The van der Waals surface area contributed by atoms with Crippen LogP contribution in [0.3, 0.4) is 0 Å². The van der Waals surface area contributed by atoms with Crippen molar-refractivity contribution in [3.8, 4) is 0 Å². The third kappa shape index (κ3) is 5.60. The van der Waals surface area contributed by atoms with Gasteiger partial charge >= 0.3 is 0 Å². The van der Waals surface area contributed by atoms with Crippen molar-refractivity contribution in [3.63, 3.8) is 0 Å². The summed E-state index contributed by atoms with van der Waals surface area (Å²) in [5, 5.41) is 0. The van der Waals surface area contributed by atoms with Gasteiger partial charge in [0, 0.05) is 37.3 Å². The molecule has 1 saturated heterocycles. The van der Waals surface area contributed by atoms with Crippen molar-refractivity contribution >= 4 is 17.6 Å². The van der Waals surface area contributed by atoms with E-state index in [1.54, 1.807) is 0 Å². The molecule has 0 saturated carbocycles. The lowest BCUT2D eigenvalue weighted by Gasteiger charge is -2.36. The molecule has 0 spiro atoms. The fourth-order valence-corrected chi connectivity index (χ4v) is 3.74. The molecular formula is C19H34N2O3. The summed E-state index contributed by atoms with van der Waals surface area (Å²) in [6.45, 7) is 9.26. The van der Waals surface area contributed by atoms with Crippen molar-refractivity contribution in [1.82, 2.24) is 4.90 Å². The average Bonchev–Trinajstić information content (AvgIpc) is 2.56. The molecule has 5 nitrogen and oxygen atoms in total. The van der Waals surface area contributed by atoms with Gasteiger partial charge in [-0.2, -0.15) is 0 Å². The molecule has 1 fully saturated rings. The van der Waals surface area contributed by atoms with Crippen LogP contribution in [0.1, 0.15) is 66.2 Å². The Hall–Kier alpha value is -1.39. The monoisotopic (exact) mass is 338 g/mol. The molecule has 2 atom stereocenters. The molecule has 2 amide bonds. The Bertz CT molecular complexity index is 440. The van der Waals surface area contributed by atoms with E-state index in [0.29, 0.717) is 44.1 Å². The molecule has 0 radical (unpaired) electrons. The van der Waals surface area contributed by atoms with Crippen LogP contribution in [0.4, 0.5) is 0 Å². The van der Waals surface area contributed by atoms with E-state index in [9.17, 15) is 14.4 Å². The summed E-state index contributed by atoms with van der Waals surface area (Å²) in [5.41, 5.74) is 5.59. The van der Waals surface area contributed by atoms with Crippen molar-refractivity contribution in [3.05, 3.63) is 0 Å². The van der Waals surface area contributed by atoms with Crippen LogP contribution in [-0.4, -0.2) is 35.6 Å². The average molecular weight is 338 g/mol. The maximum Gasteiger partial charge on any atom is 0.226 e. The highest BCUT2D eigenvalue weighted by atomic mass is 16.2. The number of hydrogen-bond acceptors (Lipinski definition) is 3. The van der Waals surface area contributed by atoms with Gasteiger partial charge in [-0.1, -0.05) is 34.1 Å². The molecule has 1 heterocycles. The van der Waals surface area contributed by atoms with Gasteiger partial charge in [-0.3, -0.25) is 14.4 Å². The molecule has 0 bridgehead atoms. The number of Topliss-reactive ketones (excluding diaryl/α,β-unsaturated/α-hetero) is 1. The standard InChI is InChI=1S/C19H34N2O3/c1-5-7-15(18(20)23)16(12-13(3)4)19(24)21-10-8-14(9-11-21)17(22)6-2/h13-16H,5-12H2,1-4H3,(H2,20,23)/t15-,16+/m0/s1. The number of hydrogen-bond donors (Lipinski definition) is 1. The van der Waals surface area contributed by atoms with Crippen molar-refractivity contribution < 1.29 is 14.4 Å². The lowest BCUT2D eigenvalue weighted by molar-refractivity contribution is -0.144. The van der Waals surface area contributed by atoms with Crippen LogP contribution < -0.4 is 5.73 Å². The number of carbonyl (C=O) groups is 3. The van der Waals surface area contributed by atoms with Crippen LogP contribution >= 0.6 is 0 Å². The first-order valence-electron chi connectivity index (χ1n) is 9.42. The third-order valence-electron chi connectivity index (χ3n) is 5.10. The molecule has 1 aliphatic rings. The molecule has 0 aromatic carbocycles. The fourth-order valence-electron chi connectivity index (χ4n) is 3.74. The number of carbonyl (C=O) groups excluding carboxylic acids is 3. The van der Waals surface area contributed by atoms with Crippen molar-refractivity contribution in [1.29, 1.82) is 0 Å². The van der Waals surface area contributed by atoms with Crippen LogP contribution in [0.5, 0.6) is 0 Å². The highest BCUT2D eigenvalue weighted by molar-refractivity contribution is 5.87. The van der Waals surface area contributed by atoms with Gasteiger partial charge in [0.1, 0.15) is 5.78 Å². The number of primary amides is 1. The Morgan fingerprint density at radius 3 is 2.08 bits per heavy atom. The fraction of sp³-hybridized carbons (Fsp3) is 0.842. The zero-order valence-corrected chi connectivity index (χ0v) is 15.7. The molecule has 0 aromatic rings. The van der Waals surface area contributed by atoms with E-state index < -0.39 is 0 Å². The van der Waals surface area contributed by atoms with Gasteiger partial charge in [-0.25, -0.2) is 0 Å². The van der Waals surface area contributed by atoms with Gasteiger partial charge in [0.2, 0.25) is 11.8 Å². The molecule has 0 aromatic heterocycles. The zero-order chi connectivity index (χ0) is 18.3. The summed E-state index contributed by atoms with van der Waals surface area (Å²) in [7, 11) is 0. The number of amides is 2. The number of piperidine rings is 1. The summed E-state index contributed by atoms with van der Waals surface area (Å²) in [6, 6.07) is 0. The molecule has 0 unspecified atom stereocenters. The van der Waals surface area contributed by atoms with Crippen LogP contribution in [0.25, 0.3) is 0 Å². The summed E-state index contributed by atoms with van der Waals surface area (Å²) >= 11 is 0. The number of nitrogens with two attached hydrogens (primary N) is 1. The zero-order valence-electron chi connectivity index (χ0n) is 15.7. The van der Waals surface area contributed by atoms with Crippen LogP contribution in [0, 0.1) is 23.7 Å². The number of likely N-dealkylation sites (tertiary alicyclic amines) is 1. The lowest BCUT2D eigenvalue weighted by Crippen LogP contribution is -2.47. The van der Waals surface area contributed by atoms with Crippen LogP contribution in [-0.2, 0) is 14.4 Å². The van der Waals surface area contributed by atoms with Gasteiger partial charge in [0.15, 0.2) is 0 Å². The van der Waals surface area contributed by atoms with E-state index in [1.165, 1.54) is 0 Å². The van der Waals surface area contributed by atoms with E-state index in [-0.39, 0.29) is 29.6 Å². The van der Waals surface area contributed by atoms with Gasteiger partial charge in [0.05, 0.1) is 0 Å². The van der Waals surface area contributed by atoms with Crippen LogP contribution in [0.2, 0.25) is 0 Å². The topological polar surface area (TPSA) is 80.5 Å². The molecule has 0 aliphatic carbocycles. The minimum atomic E-state index is -0.389. The van der Waals surface area contributed by atoms with E-state index in [0.717, 1.165) is 19.3 Å². The van der Waals surface area contributed by atoms with E-state index in [4.69, 9.17) is 5.73 Å². The number of ketones is 1. The number of nitrogens with zero attached hydrogens (tertiary/aromatic N) is 1. The highest BCUT2D eigenvalue weighted by Crippen LogP contribution is 2.29. The molecule has 2 N–H and O–H groups in total. The van der Waals surface area contributed by atoms with E-state index >= 15 is 0 Å². The van der Waals surface area contributed by atoms with E-state index in [2.05, 4.69) is 13.8 Å². The first-order valence-corrected chi connectivity index (χ1v) is 9.42. The Morgan fingerprint density at radius 2 is 1.67 bits per heavy atom. The minimum Gasteiger partial charge on any atom is -0.369 e. The predicted molar refractivity (Wildman–Crippen MR) is 95.1 cm³/mol. The van der Waals surface area contributed by atoms with Crippen LogP contribution in [0.15, 0.2) is 0 Å². The van der Waals surface area contributed by atoms with Gasteiger partial charge in [0.25, 0.3) is 0 Å². The quantitative estimate of drug-likeness (QED) is 0.702. The maximum absolute atomic E-state index is 13.0. The van der Waals surface area contributed by atoms with E-state index in [1.807, 2.05) is 18.7 Å². The largest absolute Gasteiger partial charge is 0.369 e. The lowest BCUT2D eigenvalue weighted by atomic mass is 9.80. The van der Waals surface area contributed by atoms with Crippen molar-refractivity contribution in [2.24, 2.45) is 29.4 Å². The molecule has 24 heavy (non-hydrogen) atoms. The van der Waals surface area contributed by atoms with Crippen molar-refractivity contribution in [2.75, 3.05) is 13.1 Å². The maximum atomic E-state index is 13.0. The first-order chi connectivity index (χ1) is 11.3. The molecule has 1 aliphatic heterocycles. The van der Waals surface area contributed by atoms with Gasteiger partial charge in [-0.15, -0.1) is 0 Å². The first kappa shape index (κ1) is 20.7. The second kappa shape index (κ2) is 9.80. The SMILES string of the molecule is CCC[C@H](C(N)=O)[C@@H](CC(C)C)C(=O)N1CCC(C(=O)CC)CC1. The highest BCUT2D eigenvalue weighted by Gasteiger charge is 2.36. The molecule has 5 heteroatoms. The summed E-state index contributed by atoms with van der Waals surface area (Å²) < 4.78 is 0. The predicted octanol–water partition coefficient (Wildman–Crippen LogP) is 2.77. The Morgan fingerprint density at radius 1 is 1.08 bits per heavy atom. The molecule has 138 valence electrons. The van der Waals surface area contributed by atoms with Gasteiger partial charge < -0.3 is 10.6 Å². The van der Waals surface area contributed by atoms with Gasteiger partial charge in [-0.05, 0) is 31.6 Å². The third-order valence-corrected chi connectivity index (χ3v) is 5.10. The Kier molecular flexibility index (Phi) is 8.43. The second-order valence-electron chi connectivity index (χ2n) is 7.45. The normalized spacial score (nSPS) is 18.5. The number of rotatable bonds is 9.